The first-order valence-corrected chi connectivity index (χ1v) is 3.74. The third-order valence-corrected chi connectivity index (χ3v) is 2.53. The van der Waals surface area contributed by atoms with Crippen molar-refractivity contribution in [1.82, 2.24) is 4.90 Å². The summed E-state index contributed by atoms with van der Waals surface area (Å²) < 4.78 is 0. The minimum atomic E-state index is -0.941. The van der Waals surface area contributed by atoms with Crippen LogP contribution in [0.4, 0.5) is 4.79 Å². The fourth-order valence-electron chi connectivity index (χ4n) is 2.06. The van der Waals surface area contributed by atoms with Gasteiger partial charge in [0.15, 0.2) is 5.78 Å². The summed E-state index contributed by atoms with van der Waals surface area (Å²) >= 11 is 0. The Kier molecular flexibility index (Phi) is 1.19. The molecule has 4 heteroatoms. The summed E-state index contributed by atoms with van der Waals surface area (Å²) in [5, 5.41) is 8.69. The van der Waals surface area contributed by atoms with E-state index in [2.05, 4.69) is 0 Å². The van der Waals surface area contributed by atoms with Crippen LogP contribution in [0.2, 0.25) is 0 Å². The topological polar surface area (TPSA) is 57.6 Å². The first kappa shape index (κ1) is 6.64. The smallest absolute Gasteiger partial charge is 0.408 e. The molecule has 4 nitrogen and oxygen atoms in total. The van der Waals surface area contributed by atoms with Crippen LogP contribution in [-0.2, 0) is 4.79 Å². The van der Waals surface area contributed by atoms with Crippen LogP contribution in [0, 0.1) is 0 Å². The van der Waals surface area contributed by atoms with E-state index in [1.54, 1.807) is 0 Å². The molecule has 0 saturated carbocycles. The molecular weight excluding hydrogens is 146 g/mol. The van der Waals surface area contributed by atoms with Gasteiger partial charge in [-0.05, 0) is 12.8 Å². The Bertz CT molecular complexity index is 226. The second kappa shape index (κ2) is 1.96. The molecule has 2 aliphatic rings. The molecule has 2 heterocycles. The number of rotatable bonds is 0. The van der Waals surface area contributed by atoms with Crippen LogP contribution in [0.15, 0.2) is 0 Å². The first-order chi connectivity index (χ1) is 5.20. The fraction of sp³-hybridized carbons (Fsp3) is 0.714. The summed E-state index contributed by atoms with van der Waals surface area (Å²) in [6.45, 7) is 0. The second-order valence-electron chi connectivity index (χ2n) is 3.11. The lowest BCUT2D eigenvalue weighted by molar-refractivity contribution is -0.120. The third-order valence-electron chi connectivity index (χ3n) is 2.53. The van der Waals surface area contributed by atoms with E-state index >= 15 is 0 Å². The predicted octanol–water partition coefficient (Wildman–Crippen LogP) is 0.470. The lowest BCUT2D eigenvalue weighted by Gasteiger charge is -2.15. The van der Waals surface area contributed by atoms with Crippen molar-refractivity contribution in [3.63, 3.8) is 0 Å². The Hall–Kier alpha value is -1.06. The highest BCUT2D eigenvalue weighted by Gasteiger charge is 2.47. The fourth-order valence-corrected chi connectivity index (χ4v) is 2.06. The molecule has 0 aromatic carbocycles. The number of carboxylic acid groups (broad SMARTS) is 1. The van der Waals surface area contributed by atoms with Crippen LogP contribution < -0.4 is 0 Å². The van der Waals surface area contributed by atoms with Gasteiger partial charge in [0.1, 0.15) is 0 Å². The minimum absolute atomic E-state index is 0.00926. The van der Waals surface area contributed by atoms with E-state index in [9.17, 15) is 9.59 Å². The van der Waals surface area contributed by atoms with Gasteiger partial charge in [0.25, 0.3) is 0 Å². The zero-order valence-corrected chi connectivity index (χ0v) is 5.99. The molecule has 0 radical (unpaired) electrons. The molecule has 2 rings (SSSR count). The predicted molar refractivity (Wildman–Crippen MR) is 36.3 cm³/mol. The monoisotopic (exact) mass is 155 g/mol. The van der Waals surface area contributed by atoms with E-state index in [0.29, 0.717) is 6.42 Å². The van der Waals surface area contributed by atoms with Gasteiger partial charge in [-0.2, -0.15) is 0 Å². The number of nitrogens with zero attached hydrogens (tertiary/aromatic N) is 1. The largest absolute Gasteiger partial charge is 0.465 e. The minimum Gasteiger partial charge on any atom is -0.465 e. The van der Waals surface area contributed by atoms with Crippen LogP contribution >= 0.6 is 0 Å². The Labute approximate surface area is 63.8 Å². The van der Waals surface area contributed by atoms with Crippen molar-refractivity contribution in [2.45, 2.75) is 31.3 Å². The van der Waals surface area contributed by atoms with Crippen molar-refractivity contribution < 1.29 is 14.7 Å². The van der Waals surface area contributed by atoms with Gasteiger partial charge in [-0.1, -0.05) is 0 Å². The number of fused-ring (bicyclic) bond motifs is 2. The molecule has 2 saturated heterocycles. The Morgan fingerprint density at radius 1 is 1.55 bits per heavy atom. The summed E-state index contributed by atoms with van der Waals surface area (Å²) in [7, 11) is 0. The van der Waals surface area contributed by atoms with Gasteiger partial charge >= 0.3 is 6.09 Å². The highest BCUT2D eigenvalue weighted by molar-refractivity contribution is 5.92. The summed E-state index contributed by atoms with van der Waals surface area (Å²) in [5.74, 6) is 0.101. The molecule has 2 aliphatic heterocycles. The zero-order valence-electron chi connectivity index (χ0n) is 5.99. The molecule has 0 aromatic heterocycles. The van der Waals surface area contributed by atoms with Crippen molar-refractivity contribution in [3.05, 3.63) is 0 Å². The van der Waals surface area contributed by atoms with Crippen molar-refractivity contribution in [2.24, 2.45) is 0 Å². The number of carbonyl (C=O) groups is 2. The Balaban J connectivity index is 2.25. The number of Topliss-reactive ketones (excluding diaryl/α,β-unsaturated/α-hetero) is 1. The molecule has 1 N–H and O–H groups in total. The zero-order chi connectivity index (χ0) is 8.01. The lowest BCUT2D eigenvalue weighted by Crippen LogP contribution is -2.35. The highest BCUT2D eigenvalue weighted by atomic mass is 16.4. The van der Waals surface area contributed by atoms with Crippen molar-refractivity contribution in [1.29, 1.82) is 0 Å². The van der Waals surface area contributed by atoms with E-state index in [0.717, 1.165) is 12.8 Å². The van der Waals surface area contributed by atoms with Crippen LogP contribution in [0.1, 0.15) is 19.3 Å². The van der Waals surface area contributed by atoms with E-state index in [1.165, 1.54) is 4.90 Å². The average Bonchev–Trinajstić information content (AvgIpc) is 2.41. The SMILES string of the molecule is O=C1CC2CCC1N2C(=O)O. The van der Waals surface area contributed by atoms with Crippen LogP contribution in [0.3, 0.4) is 0 Å². The summed E-state index contributed by atoms with van der Waals surface area (Å²) in [5.41, 5.74) is 0. The van der Waals surface area contributed by atoms with Crippen molar-refractivity contribution in [3.8, 4) is 0 Å². The molecule has 2 atom stereocenters. The van der Waals surface area contributed by atoms with Gasteiger partial charge in [-0.3, -0.25) is 9.69 Å². The van der Waals surface area contributed by atoms with E-state index in [4.69, 9.17) is 5.11 Å². The molecule has 0 spiro atoms. The van der Waals surface area contributed by atoms with Gasteiger partial charge in [-0.25, -0.2) is 4.79 Å². The number of hydrogen-bond donors (Lipinski definition) is 1. The van der Waals surface area contributed by atoms with Gasteiger partial charge in [0.05, 0.1) is 6.04 Å². The van der Waals surface area contributed by atoms with E-state index in [1.807, 2.05) is 0 Å². The number of hydrogen-bond acceptors (Lipinski definition) is 2. The van der Waals surface area contributed by atoms with Crippen LogP contribution in [0.5, 0.6) is 0 Å². The van der Waals surface area contributed by atoms with E-state index in [-0.39, 0.29) is 17.9 Å². The van der Waals surface area contributed by atoms with Crippen LogP contribution in [0.25, 0.3) is 0 Å². The highest BCUT2D eigenvalue weighted by Crippen LogP contribution is 2.34. The van der Waals surface area contributed by atoms with Crippen LogP contribution in [-0.4, -0.2) is 34.0 Å². The lowest BCUT2D eigenvalue weighted by atomic mass is 10.00. The molecule has 1 amide bonds. The number of amides is 1. The maximum atomic E-state index is 11.0. The maximum Gasteiger partial charge on any atom is 0.408 e. The normalized spacial score (nSPS) is 34.9. The van der Waals surface area contributed by atoms with Gasteiger partial charge < -0.3 is 5.11 Å². The number of ketones is 1. The molecule has 0 aliphatic carbocycles. The number of carbonyl (C=O) groups excluding carboxylic acids is 1. The summed E-state index contributed by atoms with van der Waals surface area (Å²) in [4.78, 5) is 22.9. The summed E-state index contributed by atoms with van der Waals surface area (Å²) in [6.07, 6.45) is 1.10. The quantitative estimate of drug-likeness (QED) is 0.553. The molecule has 60 valence electrons. The maximum absolute atomic E-state index is 11.0. The Morgan fingerprint density at radius 3 is 2.55 bits per heavy atom. The van der Waals surface area contributed by atoms with Gasteiger partial charge in [-0.15, -0.1) is 0 Å². The van der Waals surface area contributed by atoms with Gasteiger partial charge in [0.2, 0.25) is 0 Å². The molecular formula is C7H9NO3. The van der Waals surface area contributed by atoms with Crippen molar-refractivity contribution >= 4 is 11.9 Å². The second-order valence-corrected chi connectivity index (χ2v) is 3.11. The third kappa shape index (κ3) is 0.751. The molecule has 11 heavy (non-hydrogen) atoms. The Morgan fingerprint density at radius 2 is 2.27 bits per heavy atom. The summed E-state index contributed by atoms with van der Waals surface area (Å²) in [6, 6.07) is -0.317. The molecule has 2 fully saturated rings. The van der Waals surface area contributed by atoms with Gasteiger partial charge in [0, 0.05) is 12.5 Å². The first-order valence-electron chi connectivity index (χ1n) is 3.74. The average molecular weight is 155 g/mol. The molecule has 2 unspecified atom stereocenters. The van der Waals surface area contributed by atoms with Crippen molar-refractivity contribution in [2.75, 3.05) is 0 Å². The molecule has 0 aromatic rings. The standard InChI is InChI=1S/C7H9NO3/c9-6-3-4-1-2-5(6)8(4)7(10)11/h4-5H,1-3H2,(H,10,11). The molecule has 2 bridgehead atoms. The van der Waals surface area contributed by atoms with E-state index < -0.39 is 6.09 Å².